The summed E-state index contributed by atoms with van der Waals surface area (Å²) in [7, 11) is 1.84. The van der Waals surface area contributed by atoms with Crippen LogP contribution in [0.4, 0.5) is 0 Å². The highest BCUT2D eigenvalue weighted by Gasteiger charge is 2.18. The molecule has 4 heteroatoms. The van der Waals surface area contributed by atoms with Crippen LogP contribution in [0.25, 0.3) is 0 Å². The maximum Gasteiger partial charge on any atom is 0.179 e. The van der Waals surface area contributed by atoms with Crippen LogP contribution in [0.3, 0.4) is 0 Å². The second-order valence-corrected chi connectivity index (χ2v) is 3.61. The summed E-state index contributed by atoms with van der Waals surface area (Å²) in [5, 5.41) is 8.78. The van der Waals surface area contributed by atoms with E-state index in [9.17, 15) is 4.79 Å². The summed E-state index contributed by atoms with van der Waals surface area (Å²) in [4.78, 5) is 13.8. The number of hydrogen-bond donors (Lipinski definition) is 1. The third-order valence-electron chi connectivity index (χ3n) is 2.55. The number of carbonyl (C=O) groups is 1. The van der Waals surface area contributed by atoms with Gasteiger partial charge in [-0.05, 0) is 14.0 Å². The van der Waals surface area contributed by atoms with Crippen molar-refractivity contribution in [3.05, 3.63) is 35.9 Å². The van der Waals surface area contributed by atoms with Crippen molar-refractivity contribution in [1.82, 2.24) is 4.90 Å². The van der Waals surface area contributed by atoms with Crippen molar-refractivity contribution < 1.29 is 9.90 Å². The average molecular weight is 244 g/mol. The zero-order valence-electron chi connectivity index (χ0n) is 9.59. The van der Waals surface area contributed by atoms with Gasteiger partial charge in [0, 0.05) is 12.1 Å². The monoisotopic (exact) mass is 243 g/mol. The van der Waals surface area contributed by atoms with Gasteiger partial charge in [0.25, 0.3) is 0 Å². The van der Waals surface area contributed by atoms with Gasteiger partial charge in [0.05, 0.1) is 12.6 Å². The smallest absolute Gasteiger partial charge is 0.179 e. The standard InChI is InChI=1S/C12H17NO2.ClH/c1-10(13(2)8-9-14)12(15)11-6-4-3-5-7-11;/h3-7,10,14H,8-9H2,1-2H3;1H. The highest BCUT2D eigenvalue weighted by Crippen LogP contribution is 2.07. The van der Waals surface area contributed by atoms with E-state index in [1.807, 2.05) is 49.2 Å². The van der Waals surface area contributed by atoms with Gasteiger partial charge in [-0.15, -0.1) is 12.4 Å². The molecule has 90 valence electrons. The van der Waals surface area contributed by atoms with Crippen molar-refractivity contribution in [2.24, 2.45) is 0 Å². The topological polar surface area (TPSA) is 40.5 Å². The van der Waals surface area contributed by atoms with Gasteiger partial charge in [0.1, 0.15) is 0 Å². The van der Waals surface area contributed by atoms with Crippen LogP contribution in [0.2, 0.25) is 0 Å². The summed E-state index contributed by atoms with van der Waals surface area (Å²) >= 11 is 0. The van der Waals surface area contributed by atoms with Gasteiger partial charge < -0.3 is 5.11 Å². The normalized spacial score (nSPS) is 12.0. The molecule has 0 radical (unpaired) electrons. The third-order valence-corrected chi connectivity index (χ3v) is 2.55. The van der Waals surface area contributed by atoms with Crippen LogP contribution in [0.5, 0.6) is 0 Å². The van der Waals surface area contributed by atoms with Crippen molar-refractivity contribution in [3.63, 3.8) is 0 Å². The van der Waals surface area contributed by atoms with E-state index in [1.165, 1.54) is 0 Å². The van der Waals surface area contributed by atoms with Crippen LogP contribution in [0.15, 0.2) is 30.3 Å². The Bertz CT molecular complexity index is 316. The molecule has 1 atom stereocenters. The minimum atomic E-state index is -0.195. The Morgan fingerprint density at radius 1 is 1.38 bits per heavy atom. The molecule has 0 aliphatic carbocycles. The summed E-state index contributed by atoms with van der Waals surface area (Å²) in [6, 6.07) is 9.02. The van der Waals surface area contributed by atoms with Crippen LogP contribution >= 0.6 is 12.4 Å². The minimum Gasteiger partial charge on any atom is -0.395 e. The molecule has 1 aromatic rings. The van der Waals surface area contributed by atoms with E-state index in [4.69, 9.17) is 5.11 Å². The number of halogens is 1. The molecule has 16 heavy (non-hydrogen) atoms. The molecule has 0 fully saturated rings. The first kappa shape index (κ1) is 15.1. The molecular formula is C12H18ClNO2. The second-order valence-electron chi connectivity index (χ2n) is 3.61. The Kier molecular flexibility index (Phi) is 6.97. The summed E-state index contributed by atoms with van der Waals surface area (Å²) in [5.74, 6) is 0.0894. The van der Waals surface area contributed by atoms with E-state index in [1.54, 1.807) is 0 Å². The molecular weight excluding hydrogens is 226 g/mol. The van der Waals surface area contributed by atoms with E-state index in [2.05, 4.69) is 0 Å². The van der Waals surface area contributed by atoms with Crippen molar-refractivity contribution >= 4 is 18.2 Å². The van der Waals surface area contributed by atoms with Crippen molar-refractivity contribution in [1.29, 1.82) is 0 Å². The van der Waals surface area contributed by atoms with E-state index in [0.717, 1.165) is 5.56 Å². The average Bonchev–Trinajstić information content (AvgIpc) is 2.28. The van der Waals surface area contributed by atoms with Gasteiger partial charge >= 0.3 is 0 Å². The molecule has 0 amide bonds. The van der Waals surface area contributed by atoms with Gasteiger partial charge in [-0.25, -0.2) is 0 Å². The highest BCUT2D eigenvalue weighted by molar-refractivity contribution is 5.99. The molecule has 1 rings (SSSR count). The molecule has 1 unspecified atom stereocenters. The van der Waals surface area contributed by atoms with E-state index in [-0.39, 0.29) is 30.8 Å². The predicted octanol–water partition coefficient (Wildman–Crippen LogP) is 1.60. The van der Waals surface area contributed by atoms with E-state index in [0.29, 0.717) is 6.54 Å². The lowest BCUT2D eigenvalue weighted by Crippen LogP contribution is -2.37. The summed E-state index contributed by atoms with van der Waals surface area (Å²) < 4.78 is 0. The van der Waals surface area contributed by atoms with Crippen LogP contribution in [-0.2, 0) is 0 Å². The van der Waals surface area contributed by atoms with Crippen molar-refractivity contribution in [3.8, 4) is 0 Å². The molecule has 0 heterocycles. The summed E-state index contributed by atoms with van der Waals surface area (Å²) in [6.45, 7) is 2.44. The Labute approximate surface area is 102 Å². The number of carbonyl (C=O) groups excluding carboxylic acids is 1. The lowest BCUT2D eigenvalue weighted by Gasteiger charge is -2.22. The minimum absolute atomic E-state index is 0. The zero-order valence-corrected chi connectivity index (χ0v) is 10.4. The van der Waals surface area contributed by atoms with Crippen LogP contribution in [-0.4, -0.2) is 42.0 Å². The lowest BCUT2D eigenvalue weighted by atomic mass is 10.0. The van der Waals surface area contributed by atoms with E-state index >= 15 is 0 Å². The summed E-state index contributed by atoms with van der Waals surface area (Å²) in [5.41, 5.74) is 0.717. The fraction of sp³-hybridized carbons (Fsp3) is 0.417. The Balaban J connectivity index is 0.00000225. The zero-order chi connectivity index (χ0) is 11.3. The number of aliphatic hydroxyl groups excluding tert-OH is 1. The van der Waals surface area contributed by atoms with Gasteiger partial charge in [-0.3, -0.25) is 9.69 Å². The molecule has 3 nitrogen and oxygen atoms in total. The number of rotatable bonds is 5. The quantitative estimate of drug-likeness (QED) is 0.799. The van der Waals surface area contributed by atoms with Gasteiger partial charge in [0.15, 0.2) is 5.78 Å². The Hall–Kier alpha value is -0.900. The van der Waals surface area contributed by atoms with Crippen LogP contribution in [0, 0.1) is 0 Å². The number of likely N-dealkylation sites (N-methyl/N-ethyl adjacent to an activating group) is 1. The SMILES string of the molecule is CC(C(=O)c1ccccc1)N(C)CCO.Cl. The molecule has 1 N–H and O–H groups in total. The first-order valence-electron chi connectivity index (χ1n) is 5.07. The van der Waals surface area contributed by atoms with Crippen LogP contribution in [0.1, 0.15) is 17.3 Å². The number of ketones is 1. The maximum atomic E-state index is 11.9. The molecule has 0 spiro atoms. The lowest BCUT2D eigenvalue weighted by molar-refractivity contribution is 0.0848. The van der Waals surface area contributed by atoms with Crippen LogP contribution < -0.4 is 0 Å². The summed E-state index contributed by atoms with van der Waals surface area (Å²) in [6.07, 6.45) is 0. The Morgan fingerprint density at radius 3 is 2.44 bits per heavy atom. The second kappa shape index (κ2) is 7.39. The molecule has 0 saturated carbocycles. The first-order chi connectivity index (χ1) is 7.16. The predicted molar refractivity (Wildman–Crippen MR) is 67.2 cm³/mol. The van der Waals surface area contributed by atoms with Gasteiger partial charge in [0.2, 0.25) is 0 Å². The molecule has 0 saturated heterocycles. The highest BCUT2D eigenvalue weighted by atomic mass is 35.5. The number of nitrogens with zero attached hydrogens (tertiary/aromatic N) is 1. The van der Waals surface area contributed by atoms with Gasteiger partial charge in [-0.1, -0.05) is 30.3 Å². The number of Topliss-reactive ketones (excluding diaryl/α,β-unsaturated/α-hetero) is 1. The number of aliphatic hydroxyl groups is 1. The molecule has 0 aliphatic heterocycles. The number of benzene rings is 1. The molecule has 0 aliphatic rings. The molecule has 1 aromatic carbocycles. The molecule has 0 bridgehead atoms. The number of hydrogen-bond acceptors (Lipinski definition) is 3. The van der Waals surface area contributed by atoms with E-state index < -0.39 is 0 Å². The Morgan fingerprint density at radius 2 is 1.94 bits per heavy atom. The third kappa shape index (κ3) is 3.93. The fourth-order valence-corrected chi connectivity index (χ4v) is 1.40. The van der Waals surface area contributed by atoms with Crippen molar-refractivity contribution in [2.75, 3.05) is 20.2 Å². The maximum absolute atomic E-state index is 11.9. The fourth-order valence-electron chi connectivity index (χ4n) is 1.40. The largest absolute Gasteiger partial charge is 0.395 e. The van der Waals surface area contributed by atoms with Crippen molar-refractivity contribution in [2.45, 2.75) is 13.0 Å². The van der Waals surface area contributed by atoms with Gasteiger partial charge in [-0.2, -0.15) is 0 Å². The molecule has 0 aromatic heterocycles. The first-order valence-corrected chi connectivity index (χ1v) is 5.07.